The van der Waals surface area contributed by atoms with Crippen molar-refractivity contribution < 1.29 is 5.11 Å². The summed E-state index contributed by atoms with van der Waals surface area (Å²) in [4.78, 5) is 1.40. The zero-order valence-electron chi connectivity index (χ0n) is 10.3. The summed E-state index contributed by atoms with van der Waals surface area (Å²) in [7, 11) is 0. The molecular weight excluding hydrogens is 216 g/mol. The van der Waals surface area contributed by atoms with E-state index in [1.165, 1.54) is 17.7 Å². The first-order valence-corrected chi connectivity index (χ1v) is 7.12. The van der Waals surface area contributed by atoms with Gasteiger partial charge in [0.25, 0.3) is 0 Å². The van der Waals surface area contributed by atoms with Crippen molar-refractivity contribution in [2.75, 3.05) is 0 Å². The minimum absolute atomic E-state index is 0.322. The van der Waals surface area contributed by atoms with Crippen LogP contribution >= 0.6 is 11.3 Å². The molecule has 1 aromatic heterocycles. The maximum atomic E-state index is 10.6. The molecule has 0 radical (unpaired) electrons. The van der Waals surface area contributed by atoms with Crippen molar-refractivity contribution in [2.45, 2.75) is 58.0 Å². The highest BCUT2D eigenvalue weighted by molar-refractivity contribution is 7.09. The van der Waals surface area contributed by atoms with Crippen molar-refractivity contribution in [3.63, 3.8) is 0 Å². The number of hydrogen-bond donors (Lipinski definition) is 1. The van der Waals surface area contributed by atoms with E-state index >= 15 is 0 Å². The molecule has 1 aliphatic carbocycles. The van der Waals surface area contributed by atoms with Crippen molar-refractivity contribution in [1.82, 2.24) is 0 Å². The second-order valence-corrected chi connectivity index (χ2v) is 7.03. The number of aliphatic hydroxyl groups is 1. The Morgan fingerprint density at radius 2 is 2.19 bits per heavy atom. The predicted octanol–water partition coefficient (Wildman–Crippen LogP) is 4.01. The van der Waals surface area contributed by atoms with Crippen LogP contribution in [0.5, 0.6) is 0 Å². The molecule has 1 saturated carbocycles. The molecule has 1 fully saturated rings. The normalized spacial score (nSPS) is 29.2. The first-order valence-electron chi connectivity index (χ1n) is 6.24. The van der Waals surface area contributed by atoms with Crippen LogP contribution in [0, 0.1) is 5.41 Å². The van der Waals surface area contributed by atoms with Crippen molar-refractivity contribution in [3.05, 3.63) is 22.4 Å². The lowest BCUT2D eigenvalue weighted by atomic mass is 9.68. The van der Waals surface area contributed by atoms with Gasteiger partial charge in [-0.3, -0.25) is 0 Å². The van der Waals surface area contributed by atoms with Gasteiger partial charge >= 0.3 is 0 Å². The van der Waals surface area contributed by atoms with E-state index in [4.69, 9.17) is 0 Å². The number of thiophene rings is 1. The molecule has 1 aromatic rings. The van der Waals surface area contributed by atoms with Crippen LogP contribution < -0.4 is 0 Å². The highest BCUT2D eigenvalue weighted by atomic mass is 32.1. The van der Waals surface area contributed by atoms with E-state index in [-0.39, 0.29) is 0 Å². The van der Waals surface area contributed by atoms with E-state index in [9.17, 15) is 5.11 Å². The van der Waals surface area contributed by atoms with Gasteiger partial charge in [-0.25, -0.2) is 0 Å². The van der Waals surface area contributed by atoms with E-state index < -0.39 is 5.60 Å². The van der Waals surface area contributed by atoms with E-state index in [1.54, 1.807) is 11.3 Å². The zero-order chi connectivity index (χ0) is 11.6. The topological polar surface area (TPSA) is 20.2 Å². The summed E-state index contributed by atoms with van der Waals surface area (Å²) in [6.45, 7) is 4.56. The van der Waals surface area contributed by atoms with Crippen LogP contribution in [0.15, 0.2) is 17.5 Å². The molecule has 2 heteroatoms. The summed E-state index contributed by atoms with van der Waals surface area (Å²) >= 11 is 1.80. The van der Waals surface area contributed by atoms with Gasteiger partial charge < -0.3 is 5.11 Å². The van der Waals surface area contributed by atoms with Gasteiger partial charge in [0, 0.05) is 4.88 Å². The molecule has 16 heavy (non-hydrogen) atoms. The number of hydrogen-bond acceptors (Lipinski definition) is 2. The molecule has 0 aromatic carbocycles. The van der Waals surface area contributed by atoms with Crippen LogP contribution in [0.4, 0.5) is 0 Å². The standard InChI is InChI=1S/C14H22OS/c1-13(2)7-4-8-14(15,11-13)9-6-12-5-3-10-16-12/h3,5,10,15H,4,6-9,11H2,1-2H3. The fourth-order valence-electron chi connectivity index (χ4n) is 2.99. The van der Waals surface area contributed by atoms with E-state index in [0.717, 1.165) is 25.7 Å². The van der Waals surface area contributed by atoms with Crippen molar-refractivity contribution in [3.8, 4) is 0 Å². The smallest absolute Gasteiger partial charge is 0.0656 e. The van der Waals surface area contributed by atoms with E-state index in [1.807, 2.05) is 0 Å². The Balaban J connectivity index is 1.92. The van der Waals surface area contributed by atoms with Gasteiger partial charge in [-0.1, -0.05) is 26.3 Å². The molecule has 90 valence electrons. The maximum absolute atomic E-state index is 10.6. The summed E-state index contributed by atoms with van der Waals surface area (Å²) in [6, 6.07) is 4.26. The molecule has 0 aliphatic heterocycles. The molecule has 1 unspecified atom stereocenters. The molecule has 1 N–H and O–H groups in total. The van der Waals surface area contributed by atoms with Gasteiger partial charge in [0.2, 0.25) is 0 Å². The Labute approximate surface area is 103 Å². The lowest BCUT2D eigenvalue weighted by Gasteiger charge is -2.41. The summed E-state index contributed by atoms with van der Waals surface area (Å²) in [5, 5.41) is 12.7. The van der Waals surface area contributed by atoms with Gasteiger partial charge in [0.15, 0.2) is 0 Å². The Morgan fingerprint density at radius 1 is 1.38 bits per heavy atom. The van der Waals surface area contributed by atoms with E-state index in [2.05, 4.69) is 31.4 Å². The Hall–Kier alpha value is -0.340. The zero-order valence-corrected chi connectivity index (χ0v) is 11.1. The SMILES string of the molecule is CC1(C)CCCC(O)(CCc2cccs2)C1. The molecule has 0 bridgehead atoms. The summed E-state index contributed by atoms with van der Waals surface area (Å²) in [5.41, 5.74) is -0.0891. The van der Waals surface area contributed by atoms with Crippen molar-refractivity contribution >= 4 is 11.3 Å². The molecular formula is C14H22OS. The number of rotatable bonds is 3. The summed E-state index contributed by atoms with van der Waals surface area (Å²) in [6.07, 6.45) is 6.34. The van der Waals surface area contributed by atoms with Gasteiger partial charge in [-0.05, 0) is 49.0 Å². The minimum atomic E-state index is -0.411. The number of aryl methyl sites for hydroxylation is 1. The first-order chi connectivity index (χ1) is 7.49. The lowest BCUT2D eigenvalue weighted by Crippen LogP contribution is -2.39. The van der Waals surface area contributed by atoms with Gasteiger partial charge in [0.05, 0.1) is 5.60 Å². The van der Waals surface area contributed by atoms with Gasteiger partial charge in [-0.15, -0.1) is 11.3 Å². The first kappa shape index (κ1) is 12.1. The van der Waals surface area contributed by atoms with Crippen LogP contribution in [0.25, 0.3) is 0 Å². The summed E-state index contributed by atoms with van der Waals surface area (Å²) in [5.74, 6) is 0. The van der Waals surface area contributed by atoms with Crippen LogP contribution in [0.1, 0.15) is 50.8 Å². The predicted molar refractivity (Wildman–Crippen MR) is 69.8 cm³/mol. The van der Waals surface area contributed by atoms with Crippen molar-refractivity contribution in [1.29, 1.82) is 0 Å². The molecule has 1 heterocycles. The second-order valence-electron chi connectivity index (χ2n) is 6.00. The quantitative estimate of drug-likeness (QED) is 0.843. The maximum Gasteiger partial charge on any atom is 0.0656 e. The molecule has 1 atom stereocenters. The minimum Gasteiger partial charge on any atom is -0.390 e. The molecule has 2 rings (SSSR count). The molecule has 0 amide bonds. The fraction of sp³-hybridized carbons (Fsp3) is 0.714. The largest absolute Gasteiger partial charge is 0.390 e. The summed E-state index contributed by atoms with van der Waals surface area (Å²) < 4.78 is 0. The van der Waals surface area contributed by atoms with Gasteiger partial charge in [0.1, 0.15) is 0 Å². The average Bonchev–Trinajstić information content (AvgIpc) is 2.65. The Morgan fingerprint density at radius 3 is 2.81 bits per heavy atom. The molecule has 1 nitrogen and oxygen atoms in total. The monoisotopic (exact) mass is 238 g/mol. The van der Waals surface area contributed by atoms with Crippen LogP contribution in [-0.4, -0.2) is 10.7 Å². The third-order valence-electron chi connectivity index (χ3n) is 3.72. The average molecular weight is 238 g/mol. The van der Waals surface area contributed by atoms with E-state index in [0.29, 0.717) is 5.41 Å². The molecule has 0 saturated heterocycles. The highest BCUT2D eigenvalue weighted by Crippen LogP contribution is 2.42. The van der Waals surface area contributed by atoms with Crippen LogP contribution in [-0.2, 0) is 6.42 Å². The van der Waals surface area contributed by atoms with Gasteiger partial charge in [-0.2, -0.15) is 0 Å². The Kier molecular flexibility index (Phi) is 3.41. The van der Waals surface area contributed by atoms with Crippen LogP contribution in [0.3, 0.4) is 0 Å². The lowest BCUT2D eigenvalue weighted by molar-refractivity contribution is -0.0445. The second kappa shape index (κ2) is 4.50. The highest BCUT2D eigenvalue weighted by Gasteiger charge is 2.37. The Bertz CT molecular complexity index is 329. The van der Waals surface area contributed by atoms with Crippen molar-refractivity contribution in [2.24, 2.45) is 5.41 Å². The fourth-order valence-corrected chi connectivity index (χ4v) is 3.70. The molecule has 1 aliphatic rings. The third-order valence-corrected chi connectivity index (χ3v) is 4.66. The third kappa shape index (κ3) is 3.08. The molecule has 0 spiro atoms. The van der Waals surface area contributed by atoms with Crippen LogP contribution in [0.2, 0.25) is 0 Å².